The van der Waals surface area contributed by atoms with Crippen LogP contribution in [0.4, 0.5) is 4.79 Å². The molecule has 0 aliphatic carbocycles. The number of nitrogens with zero attached hydrogens (tertiary/aromatic N) is 6. The zero-order valence-corrected chi connectivity index (χ0v) is 22.9. The number of aliphatic imine (C=N–C) groups is 1. The molecule has 10 heteroatoms. The predicted molar refractivity (Wildman–Crippen MR) is 154 cm³/mol. The van der Waals surface area contributed by atoms with Crippen molar-refractivity contribution in [2.75, 3.05) is 20.1 Å². The third-order valence-electron chi connectivity index (χ3n) is 6.89. The standard InChI is InChI=1S/C29H33N7O3/c1-29(2,3)39-28(38)35-13-11-20(17-35)36-26-21-14-18(6-8-23(21)33-16-25(26)34(5)27(36)37)19-7-9-24(32-15-19)22(30)10-12-31-4/h6-10,12,14-16,20H,11,13,17,30H2,1-5H3. The second-order valence-corrected chi connectivity index (χ2v) is 10.8. The molecule has 10 nitrogen and oxygen atoms in total. The van der Waals surface area contributed by atoms with E-state index in [1.165, 1.54) is 0 Å². The fraction of sp³-hybridized carbons (Fsp3) is 0.345. The van der Waals surface area contributed by atoms with E-state index in [0.29, 0.717) is 30.9 Å². The maximum absolute atomic E-state index is 13.5. The molecule has 1 aromatic carbocycles. The summed E-state index contributed by atoms with van der Waals surface area (Å²) >= 11 is 0. The normalized spacial score (nSPS) is 16.6. The Morgan fingerprint density at radius 1 is 1.15 bits per heavy atom. The number of carbonyl (C=O) groups is 1. The SMILES string of the molecule is CN=CC=C(N)c1ccc(-c2ccc3ncc4c(c3c2)n(C2CCN(C(=O)OC(C)(C)C)C2)c(=O)n4C)cn1. The van der Waals surface area contributed by atoms with Gasteiger partial charge in [0.2, 0.25) is 0 Å². The highest BCUT2D eigenvalue weighted by Gasteiger charge is 2.33. The number of benzene rings is 1. The molecular weight excluding hydrogens is 494 g/mol. The molecule has 0 spiro atoms. The van der Waals surface area contributed by atoms with E-state index in [2.05, 4.69) is 15.0 Å². The van der Waals surface area contributed by atoms with Crippen LogP contribution in [0.25, 0.3) is 38.8 Å². The van der Waals surface area contributed by atoms with Crippen LogP contribution >= 0.6 is 0 Å². The van der Waals surface area contributed by atoms with E-state index in [9.17, 15) is 9.59 Å². The van der Waals surface area contributed by atoms with Gasteiger partial charge in [0.1, 0.15) is 5.60 Å². The monoisotopic (exact) mass is 527 g/mol. The van der Waals surface area contributed by atoms with Gasteiger partial charge in [-0.2, -0.15) is 0 Å². The molecule has 0 bridgehead atoms. The number of ether oxygens (including phenoxy) is 1. The van der Waals surface area contributed by atoms with Crippen molar-refractivity contribution in [3.8, 4) is 11.1 Å². The topological polar surface area (TPSA) is 121 Å². The Morgan fingerprint density at radius 2 is 1.92 bits per heavy atom. The average Bonchev–Trinajstić information content (AvgIpc) is 3.49. The molecule has 1 saturated heterocycles. The van der Waals surface area contributed by atoms with Gasteiger partial charge in [-0.1, -0.05) is 12.1 Å². The van der Waals surface area contributed by atoms with Crippen molar-refractivity contribution < 1.29 is 9.53 Å². The van der Waals surface area contributed by atoms with Gasteiger partial charge in [-0.25, -0.2) is 9.59 Å². The molecule has 1 amide bonds. The van der Waals surface area contributed by atoms with E-state index in [0.717, 1.165) is 33.1 Å². The Hall–Kier alpha value is -4.47. The molecule has 1 unspecified atom stereocenters. The smallest absolute Gasteiger partial charge is 0.410 e. The highest BCUT2D eigenvalue weighted by Crippen LogP contribution is 2.32. The Labute approximate surface area is 226 Å². The van der Waals surface area contributed by atoms with Crippen LogP contribution in [0.3, 0.4) is 0 Å². The van der Waals surface area contributed by atoms with Gasteiger partial charge >= 0.3 is 11.8 Å². The lowest BCUT2D eigenvalue weighted by molar-refractivity contribution is 0.0289. The maximum Gasteiger partial charge on any atom is 0.410 e. The lowest BCUT2D eigenvalue weighted by Gasteiger charge is -2.24. The minimum absolute atomic E-state index is 0.135. The number of aryl methyl sites for hydroxylation is 1. The van der Waals surface area contributed by atoms with Gasteiger partial charge in [0, 0.05) is 50.5 Å². The summed E-state index contributed by atoms with van der Waals surface area (Å²) in [4.78, 5) is 40.9. The molecule has 1 atom stereocenters. The van der Waals surface area contributed by atoms with Crippen LogP contribution in [-0.4, -0.2) is 62.0 Å². The zero-order valence-electron chi connectivity index (χ0n) is 22.9. The van der Waals surface area contributed by atoms with Gasteiger partial charge in [0.25, 0.3) is 0 Å². The van der Waals surface area contributed by atoms with Gasteiger partial charge in [-0.15, -0.1) is 0 Å². The Morgan fingerprint density at radius 3 is 2.62 bits per heavy atom. The van der Waals surface area contributed by atoms with Crippen molar-refractivity contribution in [2.24, 2.45) is 17.8 Å². The summed E-state index contributed by atoms with van der Waals surface area (Å²) in [5.41, 5.74) is 10.8. The number of imidazole rings is 1. The number of hydrogen-bond acceptors (Lipinski definition) is 7. The van der Waals surface area contributed by atoms with Crippen LogP contribution < -0.4 is 11.4 Å². The molecule has 4 aromatic rings. The largest absolute Gasteiger partial charge is 0.444 e. The first-order valence-electron chi connectivity index (χ1n) is 12.9. The number of hydrogen-bond donors (Lipinski definition) is 1. The molecule has 4 heterocycles. The quantitative estimate of drug-likeness (QED) is 0.399. The third-order valence-corrected chi connectivity index (χ3v) is 6.89. The van der Waals surface area contributed by atoms with Crippen molar-refractivity contribution >= 4 is 39.9 Å². The summed E-state index contributed by atoms with van der Waals surface area (Å²) in [5, 5.41) is 0.862. The van der Waals surface area contributed by atoms with Crippen molar-refractivity contribution in [3.05, 3.63) is 65.0 Å². The van der Waals surface area contributed by atoms with Crippen molar-refractivity contribution in [3.63, 3.8) is 0 Å². The number of rotatable bonds is 4. The molecular formula is C29H33N7O3. The first kappa shape index (κ1) is 26.1. The Balaban J connectivity index is 1.56. The van der Waals surface area contributed by atoms with Crippen molar-refractivity contribution in [1.29, 1.82) is 0 Å². The summed E-state index contributed by atoms with van der Waals surface area (Å²) in [6, 6.07) is 9.65. The first-order chi connectivity index (χ1) is 18.6. The van der Waals surface area contributed by atoms with E-state index in [-0.39, 0.29) is 17.8 Å². The zero-order chi connectivity index (χ0) is 27.9. The molecule has 202 valence electrons. The van der Waals surface area contributed by atoms with Crippen LogP contribution in [0.15, 0.2) is 58.6 Å². The minimum atomic E-state index is -0.581. The van der Waals surface area contributed by atoms with E-state index in [1.807, 2.05) is 55.7 Å². The fourth-order valence-corrected chi connectivity index (χ4v) is 4.97. The third kappa shape index (κ3) is 5.01. The fourth-order valence-electron chi connectivity index (χ4n) is 4.97. The lowest BCUT2D eigenvalue weighted by atomic mass is 10.0. The number of carbonyl (C=O) groups excluding carboxylic acids is 1. The molecule has 2 N–H and O–H groups in total. The second-order valence-electron chi connectivity index (χ2n) is 10.8. The number of fused-ring (bicyclic) bond motifs is 3. The van der Waals surface area contributed by atoms with E-state index >= 15 is 0 Å². The highest BCUT2D eigenvalue weighted by atomic mass is 16.6. The molecule has 0 radical (unpaired) electrons. The second kappa shape index (κ2) is 10.0. The number of pyridine rings is 2. The van der Waals surface area contributed by atoms with Crippen LogP contribution in [0, 0.1) is 0 Å². The number of aromatic nitrogens is 4. The van der Waals surface area contributed by atoms with Gasteiger partial charge in [0.05, 0.1) is 40.2 Å². The van der Waals surface area contributed by atoms with Crippen LogP contribution in [0.1, 0.15) is 38.9 Å². The Kier molecular flexibility index (Phi) is 6.71. The number of allylic oxidation sites excluding steroid dienone is 1. The van der Waals surface area contributed by atoms with Crippen LogP contribution in [0.5, 0.6) is 0 Å². The summed E-state index contributed by atoms with van der Waals surface area (Å²) in [6.45, 7) is 6.47. The van der Waals surface area contributed by atoms with E-state index in [4.69, 9.17) is 10.5 Å². The highest BCUT2D eigenvalue weighted by molar-refractivity contribution is 6.04. The minimum Gasteiger partial charge on any atom is -0.444 e. The summed E-state index contributed by atoms with van der Waals surface area (Å²) in [6.07, 6.45) is 7.15. The molecule has 1 fully saturated rings. The Bertz CT molecular complexity index is 1670. The van der Waals surface area contributed by atoms with Gasteiger partial charge < -0.3 is 15.4 Å². The van der Waals surface area contributed by atoms with Crippen LogP contribution in [0.2, 0.25) is 0 Å². The van der Waals surface area contributed by atoms with Gasteiger partial charge in [-0.05, 0) is 57.0 Å². The summed E-state index contributed by atoms with van der Waals surface area (Å²) in [5.74, 6) is 0. The molecule has 1 aliphatic rings. The summed E-state index contributed by atoms with van der Waals surface area (Å²) < 4.78 is 9.00. The van der Waals surface area contributed by atoms with E-state index < -0.39 is 5.60 Å². The average molecular weight is 528 g/mol. The van der Waals surface area contributed by atoms with Crippen molar-refractivity contribution in [1.82, 2.24) is 24.0 Å². The number of nitrogens with two attached hydrogens (primary N) is 1. The maximum atomic E-state index is 13.5. The molecule has 1 aliphatic heterocycles. The van der Waals surface area contributed by atoms with E-state index in [1.54, 1.807) is 48.2 Å². The summed E-state index contributed by atoms with van der Waals surface area (Å²) in [7, 11) is 3.44. The van der Waals surface area contributed by atoms with Gasteiger partial charge in [-0.3, -0.25) is 24.1 Å². The first-order valence-corrected chi connectivity index (χ1v) is 12.9. The number of likely N-dealkylation sites (tertiary alicyclic amines) is 1. The molecule has 39 heavy (non-hydrogen) atoms. The molecule has 5 rings (SSSR count). The molecule has 3 aromatic heterocycles. The molecule has 0 saturated carbocycles. The van der Waals surface area contributed by atoms with Gasteiger partial charge in [0.15, 0.2) is 0 Å². The number of amides is 1. The predicted octanol–water partition coefficient (Wildman–Crippen LogP) is 4.13. The lowest BCUT2D eigenvalue weighted by Crippen LogP contribution is -2.36. The van der Waals surface area contributed by atoms with Crippen molar-refractivity contribution in [2.45, 2.75) is 38.8 Å². The van der Waals surface area contributed by atoms with Crippen LogP contribution in [-0.2, 0) is 11.8 Å².